The van der Waals surface area contributed by atoms with Gasteiger partial charge in [-0.1, -0.05) is 0 Å². The van der Waals surface area contributed by atoms with Crippen LogP contribution in [0.4, 0.5) is 11.5 Å². The molecule has 1 heterocycles. The van der Waals surface area contributed by atoms with E-state index in [4.69, 9.17) is 23.7 Å². The Morgan fingerprint density at radius 3 is 2.48 bits per heavy atom. The average Bonchev–Trinajstić information content (AvgIpc) is 3.12. The fourth-order valence-electron chi connectivity index (χ4n) is 2.41. The van der Waals surface area contributed by atoms with Gasteiger partial charge in [0.05, 0.1) is 19.0 Å². The third-order valence-electron chi connectivity index (χ3n) is 3.56. The van der Waals surface area contributed by atoms with Gasteiger partial charge in [-0.3, -0.25) is 0 Å². The molecule has 2 rings (SSSR count). The van der Waals surface area contributed by atoms with Crippen molar-refractivity contribution in [2.45, 2.75) is 19.9 Å². The van der Waals surface area contributed by atoms with Crippen molar-refractivity contribution in [3.8, 4) is 11.5 Å². The zero-order valence-electron chi connectivity index (χ0n) is 16.1. The number of rotatable bonds is 10. The summed E-state index contributed by atoms with van der Waals surface area (Å²) in [6.07, 6.45) is 1.67. The van der Waals surface area contributed by atoms with Gasteiger partial charge < -0.3 is 29.0 Å². The fourth-order valence-corrected chi connectivity index (χ4v) is 2.41. The van der Waals surface area contributed by atoms with Crippen LogP contribution in [-0.4, -0.2) is 50.7 Å². The van der Waals surface area contributed by atoms with Gasteiger partial charge in [-0.25, -0.2) is 9.48 Å². The summed E-state index contributed by atoms with van der Waals surface area (Å²) in [5.41, 5.74) is 0.666. The van der Waals surface area contributed by atoms with Gasteiger partial charge in [0.25, 0.3) is 0 Å². The first-order valence-corrected chi connectivity index (χ1v) is 8.32. The highest BCUT2D eigenvalue weighted by Gasteiger charge is 2.22. The molecule has 27 heavy (non-hydrogen) atoms. The molecular formula is C18H25N3O6. The van der Waals surface area contributed by atoms with Crippen molar-refractivity contribution >= 4 is 17.5 Å². The fraction of sp³-hybridized carbons (Fsp3) is 0.444. The number of hydrogen-bond donors (Lipinski definition) is 1. The SMILES string of the molecule is COCOc1cc(Nc2ccnn2C(C)C)c(C(=O)OC)c(OCOC)c1. The quantitative estimate of drug-likeness (QED) is 0.497. The lowest BCUT2D eigenvalue weighted by atomic mass is 10.1. The highest BCUT2D eigenvalue weighted by Crippen LogP contribution is 2.35. The molecule has 0 atom stereocenters. The first kappa shape index (κ1) is 20.5. The molecule has 9 nitrogen and oxygen atoms in total. The lowest BCUT2D eigenvalue weighted by Gasteiger charge is -2.18. The molecule has 1 N–H and O–H groups in total. The molecule has 0 radical (unpaired) electrons. The lowest BCUT2D eigenvalue weighted by molar-refractivity contribution is 0.0436. The molecule has 0 spiro atoms. The van der Waals surface area contributed by atoms with Crippen LogP contribution in [0.25, 0.3) is 0 Å². The number of hydrogen-bond acceptors (Lipinski definition) is 8. The maximum absolute atomic E-state index is 12.4. The number of esters is 1. The molecule has 0 saturated heterocycles. The van der Waals surface area contributed by atoms with Gasteiger partial charge >= 0.3 is 5.97 Å². The van der Waals surface area contributed by atoms with Crippen LogP contribution in [0.5, 0.6) is 11.5 Å². The summed E-state index contributed by atoms with van der Waals surface area (Å²) in [4.78, 5) is 12.4. The van der Waals surface area contributed by atoms with Gasteiger partial charge in [0.1, 0.15) is 22.9 Å². The molecule has 0 amide bonds. The Morgan fingerprint density at radius 1 is 1.15 bits per heavy atom. The Labute approximate surface area is 158 Å². The Morgan fingerprint density at radius 2 is 1.85 bits per heavy atom. The minimum atomic E-state index is -0.558. The van der Waals surface area contributed by atoms with E-state index < -0.39 is 5.97 Å². The summed E-state index contributed by atoms with van der Waals surface area (Å²) in [5.74, 6) is 0.860. The Bertz CT molecular complexity index is 760. The van der Waals surface area contributed by atoms with Gasteiger partial charge in [0, 0.05) is 38.5 Å². The summed E-state index contributed by atoms with van der Waals surface area (Å²) in [5, 5.41) is 7.50. The third-order valence-corrected chi connectivity index (χ3v) is 3.56. The van der Waals surface area contributed by atoms with Crippen molar-refractivity contribution in [3.05, 3.63) is 30.0 Å². The number of nitrogens with one attached hydrogen (secondary N) is 1. The van der Waals surface area contributed by atoms with E-state index in [2.05, 4.69) is 10.4 Å². The van der Waals surface area contributed by atoms with E-state index in [0.717, 1.165) is 0 Å². The van der Waals surface area contributed by atoms with Gasteiger partial charge in [-0.2, -0.15) is 5.10 Å². The van der Waals surface area contributed by atoms with E-state index in [0.29, 0.717) is 17.3 Å². The number of carbonyl (C=O) groups excluding carboxylic acids is 1. The van der Waals surface area contributed by atoms with E-state index in [1.165, 1.54) is 21.3 Å². The summed E-state index contributed by atoms with van der Waals surface area (Å²) in [7, 11) is 4.31. The number of carbonyl (C=O) groups is 1. The molecule has 148 valence electrons. The van der Waals surface area contributed by atoms with Crippen LogP contribution in [0, 0.1) is 0 Å². The summed E-state index contributed by atoms with van der Waals surface area (Å²) in [6.45, 7) is 4.01. The first-order valence-electron chi connectivity index (χ1n) is 8.32. The lowest BCUT2D eigenvalue weighted by Crippen LogP contribution is -2.13. The van der Waals surface area contributed by atoms with Crippen LogP contribution >= 0.6 is 0 Å². The second-order valence-electron chi connectivity index (χ2n) is 5.82. The van der Waals surface area contributed by atoms with Crippen LogP contribution in [0.15, 0.2) is 24.4 Å². The van der Waals surface area contributed by atoms with E-state index in [1.807, 2.05) is 13.8 Å². The largest absolute Gasteiger partial charge is 0.467 e. The highest BCUT2D eigenvalue weighted by molar-refractivity contribution is 5.99. The Hall–Kier alpha value is -2.78. The Kier molecular flexibility index (Phi) is 7.44. The molecule has 0 fully saturated rings. The molecule has 0 saturated carbocycles. The molecule has 0 unspecified atom stereocenters. The monoisotopic (exact) mass is 379 g/mol. The van der Waals surface area contributed by atoms with Crippen LogP contribution in [0.3, 0.4) is 0 Å². The number of anilines is 2. The van der Waals surface area contributed by atoms with Crippen molar-refractivity contribution in [2.75, 3.05) is 40.2 Å². The van der Waals surface area contributed by atoms with Crippen molar-refractivity contribution < 1.29 is 28.5 Å². The van der Waals surface area contributed by atoms with E-state index in [1.54, 1.807) is 29.1 Å². The number of nitrogens with zero attached hydrogens (tertiary/aromatic N) is 2. The maximum Gasteiger partial charge on any atom is 0.343 e. The Balaban J connectivity index is 2.52. The van der Waals surface area contributed by atoms with Gasteiger partial charge in [-0.05, 0) is 13.8 Å². The molecule has 2 aromatic rings. The van der Waals surface area contributed by atoms with Gasteiger partial charge in [0.15, 0.2) is 13.6 Å². The van der Waals surface area contributed by atoms with Crippen molar-refractivity contribution in [2.24, 2.45) is 0 Å². The maximum atomic E-state index is 12.4. The summed E-state index contributed by atoms with van der Waals surface area (Å²) >= 11 is 0. The minimum Gasteiger partial charge on any atom is -0.467 e. The molecule has 1 aromatic heterocycles. The average molecular weight is 379 g/mol. The standard InChI is InChI=1S/C18H25N3O6/c1-12(2)21-16(6-7-19-21)20-14-8-13(26-10-23-3)9-15(27-11-24-4)17(14)18(22)25-5/h6-9,12,20H,10-11H2,1-5H3. The second kappa shape index (κ2) is 9.79. The third kappa shape index (κ3) is 5.11. The van der Waals surface area contributed by atoms with Crippen LogP contribution in [0.1, 0.15) is 30.2 Å². The smallest absolute Gasteiger partial charge is 0.343 e. The number of benzene rings is 1. The number of aromatic nitrogens is 2. The number of ether oxygens (including phenoxy) is 5. The molecule has 0 aliphatic rings. The summed E-state index contributed by atoms with van der Waals surface area (Å²) < 4.78 is 27.7. The van der Waals surface area contributed by atoms with E-state index in [9.17, 15) is 4.79 Å². The van der Waals surface area contributed by atoms with E-state index in [-0.39, 0.29) is 30.9 Å². The first-order chi connectivity index (χ1) is 13.0. The molecule has 0 bridgehead atoms. The van der Waals surface area contributed by atoms with Crippen LogP contribution < -0.4 is 14.8 Å². The topological polar surface area (TPSA) is 93.1 Å². The predicted molar refractivity (Wildman–Crippen MR) is 98.7 cm³/mol. The van der Waals surface area contributed by atoms with Crippen LogP contribution in [-0.2, 0) is 14.2 Å². The molecule has 1 aromatic carbocycles. The molecule has 0 aliphatic heterocycles. The van der Waals surface area contributed by atoms with Crippen molar-refractivity contribution in [1.82, 2.24) is 9.78 Å². The van der Waals surface area contributed by atoms with Gasteiger partial charge in [-0.15, -0.1) is 0 Å². The normalized spacial score (nSPS) is 10.7. The molecular weight excluding hydrogens is 354 g/mol. The van der Waals surface area contributed by atoms with Crippen LogP contribution in [0.2, 0.25) is 0 Å². The summed E-state index contributed by atoms with van der Waals surface area (Å²) in [6, 6.07) is 5.18. The number of methoxy groups -OCH3 is 3. The molecule has 0 aliphatic carbocycles. The molecule has 9 heteroatoms. The zero-order valence-corrected chi connectivity index (χ0v) is 16.1. The van der Waals surface area contributed by atoms with Gasteiger partial charge in [0.2, 0.25) is 0 Å². The minimum absolute atomic E-state index is 0.0406. The predicted octanol–water partition coefficient (Wildman–Crippen LogP) is 2.96. The van der Waals surface area contributed by atoms with Crippen molar-refractivity contribution in [3.63, 3.8) is 0 Å². The zero-order chi connectivity index (χ0) is 19.8. The van der Waals surface area contributed by atoms with Crippen molar-refractivity contribution in [1.29, 1.82) is 0 Å². The van der Waals surface area contributed by atoms with E-state index >= 15 is 0 Å². The second-order valence-corrected chi connectivity index (χ2v) is 5.82. The highest BCUT2D eigenvalue weighted by atomic mass is 16.7.